The first-order chi connectivity index (χ1) is 6.20. The van der Waals surface area contributed by atoms with E-state index in [1.54, 1.807) is 11.3 Å². The molecule has 0 saturated heterocycles. The molecule has 2 N–H and O–H groups in total. The second-order valence-corrected chi connectivity index (χ2v) is 4.28. The Morgan fingerprint density at radius 1 is 1.54 bits per heavy atom. The highest BCUT2D eigenvalue weighted by atomic mass is 32.1. The Balaban J connectivity index is 2.81. The second-order valence-electron chi connectivity index (χ2n) is 2.97. The summed E-state index contributed by atoms with van der Waals surface area (Å²) in [4.78, 5) is 0. The largest absolute Gasteiger partial charge is 0.323 e. The molecule has 2 aromatic heterocycles. The molecule has 2 heterocycles. The molecular formula is C9H10N2S2. The molecule has 0 aliphatic heterocycles. The lowest BCUT2D eigenvalue weighted by molar-refractivity contribution is 0.565. The van der Waals surface area contributed by atoms with Gasteiger partial charge < -0.3 is 10.3 Å². The van der Waals surface area contributed by atoms with Gasteiger partial charge in [-0.05, 0) is 29.8 Å². The number of fused-ring (bicyclic) bond motifs is 1. The van der Waals surface area contributed by atoms with Crippen molar-refractivity contribution in [3.8, 4) is 0 Å². The van der Waals surface area contributed by atoms with Crippen LogP contribution in [0.1, 0.15) is 13.1 Å². The smallest absolute Gasteiger partial charge is 0.125 e. The van der Waals surface area contributed by atoms with E-state index < -0.39 is 0 Å². The Morgan fingerprint density at radius 2 is 2.31 bits per heavy atom. The van der Waals surface area contributed by atoms with E-state index in [2.05, 4.69) is 6.07 Å². The molecule has 68 valence electrons. The van der Waals surface area contributed by atoms with E-state index in [0.29, 0.717) is 0 Å². The van der Waals surface area contributed by atoms with Crippen molar-refractivity contribution in [2.45, 2.75) is 13.1 Å². The summed E-state index contributed by atoms with van der Waals surface area (Å²) in [6, 6.07) is 4.12. The van der Waals surface area contributed by atoms with Crippen molar-refractivity contribution >= 4 is 33.6 Å². The van der Waals surface area contributed by atoms with Gasteiger partial charge in [0.25, 0.3) is 0 Å². The molecule has 0 amide bonds. The summed E-state index contributed by atoms with van der Waals surface area (Å²) in [5, 5.41) is 3.25. The van der Waals surface area contributed by atoms with Crippen LogP contribution in [0, 0.1) is 4.64 Å². The molecule has 0 bridgehead atoms. The summed E-state index contributed by atoms with van der Waals surface area (Å²) in [6.45, 7) is 1.93. The SMILES string of the molecule is CC(N)n1ccc2ccsc2c1=S. The number of rotatable bonds is 1. The minimum absolute atomic E-state index is 0.0565. The van der Waals surface area contributed by atoms with Crippen molar-refractivity contribution in [2.24, 2.45) is 5.73 Å². The third kappa shape index (κ3) is 1.41. The molecule has 2 rings (SSSR count). The van der Waals surface area contributed by atoms with Crippen LogP contribution in [-0.4, -0.2) is 4.57 Å². The fourth-order valence-corrected chi connectivity index (χ4v) is 2.61. The lowest BCUT2D eigenvalue weighted by Gasteiger charge is -2.10. The van der Waals surface area contributed by atoms with Crippen LogP contribution < -0.4 is 5.73 Å². The van der Waals surface area contributed by atoms with Gasteiger partial charge in [-0.25, -0.2) is 0 Å². The third-order valence-electron chi connectivity index (χ3n) is 1.98. The van der Waals surface area contributed by atoms with Crippen molar-refractivity contribution in [3.05, 3.63) is 28.4 Å². The summed E-state index contributed by atoms with van der Waals surface area (Å²) >= 11 is 6.98. The zero-order chi connectivity index (χ0) is 9.42. The van der Waals surface area contributed by atoms with Crippen LogP contribution in [0.15, 0.2) is 23.7 Å². The van der Waals surface area contributed by atoms with E-state index in [0.717, 1.165) is 9.34 Å². The topological polar surface area (TPSA) is 30.9 Å². The molecule has 0 radical (unpaired) electrons. The lowest BCUT2D eigenvalue weighted by Crippen LogP contribution is -2.14. The Hall–Kier alpha value is -0.710. The number of pyridine rings is 1. The molecule has 2 nitrogen and oxygen atoms in total. The van der Waals surface area contributed by atoms with E-state index in [1.807, 2.05) is 29.1 Å². The predicted molar refractivity (Wildman–Crippen MR) is 59.5 cm³/mol. The van der Waals surface area contributed by atoms with Crippen LogP contribution in [0.5, 0.6) is 0 Å². The molecule has 0 spiro atoms. The fourth-order valence-electron chi connectivity index (χ4n) is 1.29. The lowest BCUT2D eigenvalue weighted by atomic mass is 10.3. The number of aromatic nitrogens is 1. The Labute approximate surface area is 85.6 Å². The van der Waals surface area contributed by atoms with Crippen LogP contribution in [-0.2, 0) is 0 Å². The normalized spacial score (nSPS) is 13.4. The highest BCUT2D eigenvalue weighted by Gasteiger charge is 2.02. The first-order valence-corrected chi connectivity index (χ1v) is 5.33. The van der Waals surface area contributed by atoms with Gasteiger partial charge in [-0.1, -0.05) is 12.2 Å². The van der Waals surface area contributed by atoms with Gasteiger partial charge in [0.15, 0.2) is 0 Å². The summed E-state index contributed by atoms with van der Waals surface area (Å²) < 4.78 is 3.89. The van der Waals surface area contributed by atoms with Gasteiger partial charge in [-0.2, -0.15) is 0 Å². The molecule has 1 unspecified atom stereocenters. The van der Waals surface area contributed by atoms with Crippen LogP contribution in [0.3, 0.4) is 0 Å². The molecule has 0 aliphatic rings. The highest BCUT2D eigenvalue weighted by Crippen LogP contribution is 2.22. The van der Waals surface area contributed by atoms with E-state index in [-0.39, 0.29) is 6.17 Å². The highest BCUT2D eigenvalue weighted by molar-refractivity contribution is 7.71. The third-order valence-corrected chi connectivity index (χ3v) is 3.46. The minimum Gasteiger partial charge on any atom is -0.323 e. The second kappa shape index (κ2) is 3.21. The van der Waals surface area contributed by atoms with E-state index >= 15 is 0 Å². The fraction of sp³-hybridized carbons (Fsp3) is 0.222. The number of thiophene rings is 1. The maximum absolute atomic E-state index is 5.78. The van der Waals surface area contributed by atoms with Crippen LogP contribution >= 0.6 is 23.6 Å². The summed E-state index contributed by atoms with van der Waals surface area (Å²) in [5.74, 6) is 0. The van der Waals surface area contributed by atoms with Gasteiger partial charge in [-0.3, -0.25) is 0 Å². The molecule has 2 aromatic rings. The first kappa shape index (κ1) is 8.87. The Morgan fingerprint density at radius 3 is 3.00 bits per heavy atom. The minimum atomic E-state index is -0.0565. The van der Waals surface area contributed by atoms with Crippen LogP contribution in [0.2, 0.25) is 0 Å². The van der Waals surface area contributed by atoms with Crippen molar-refractivity contribution < 1.29 is 0 Å². The van der Waals surface area contributed by atoms with Crippen molar-refractivity contribution in [1.82, 2.24) is 4.57 Å². The summed E-state index contributed by atoms with van der Waals surface area (Å²) in [6.07, 6.45) is 1.89. The van der Waals surface area contributed by atoms with Gasteiger partial charge in [-0.15, -0.1) is 11.3 Å². The number of nitrogens with zero attached hydrogens (tertiary/aromatic N) is 1. The maximum Gasteiger partial charge on any atom is 0.125 e. The van der Waals surface area contributed by atoms with E-state index in [1.165, 1.54) is 5.39 Å². The number of hydrogen-bond acceptors (Lipinski definition) is 3. The average Bonchev–Trinajstić information content (AvgIpc) is 2.52. The van der Waals surface area contributed by atoms with Crippen LogP contribution in [0.25, 0.3) is 10.1 Å². The van der Waals surface area contributed by atoms with Crippen molar-refractivity contribution in [1.29, 1.82) is 0 Å². The van der Waals surface area contributed by atoms with Gasteiger partial charge in [0.1, 0.15) is 4.64 Å². The molecule has 0 saturated carbocycles. The maximum atomic E-state index is 5.78. The summed E-state index contributed by atoms with van der Waals surface area (Å²) in [7, 11) is 0. The molecular weight excluding hydrogens is 200 g/mol. The zero-order valence-electron chi connectivity index (χ0n) is 7.23. The monoisotopic (exact) mass is 210 g/mol. The molecule has 4 heteroatoms. The molecule has 0 aliphatic carbocycles. The number of hydrogen-bond donors (Lipinski definition) is 1. The van der Waals surface area contributed by atoms with Crippen molar-refractivity contribution in [2.75, 3.05) is 0 Å². The molecule has 1 atom stereocenters. The standard InChI is InChI=1S/C9H10N2S2/c1-6(10)11-4-2-7-3-5-13-8(7)9(11)12/h2-6H,10H2,1H3. The van der Waals surface area contributed by atoms with Gasteiger partial charge >= 0.3 is 0 Å². The Kier molecular flexibility index (Phi) is 2.19. The van der Waals surface area contributed by atoms with E-state index in [4.69, 9.17) is 18.0 Å². The molecule has 0 aromatic carbocycles. The van der Waals surface area contributed by atoms with Crippen molar-refractivity contribution in [3.63, 3.8) is 0 Å². The quantitative estimate of drug-likeness (QED) is 0.734. The van der Waals surface area contributed by atoms with Gasteiger partial charge in [0.2, 0.25) is 0 Å². The predicted octanol–water partition coefficient (Wildman–Crippen LogP) is 2.91. The molecule has 13 heavy (non-hydrogen) atoms. The zero-order valence-corrected chi connectivity index (χ0v) is 8.86. The average molecular weight is 210 g/mol. The first-order valence-electron chi connectivity index (χ1n) is 4.04. The van der Waals surface area contributed by atoms with Crippen LogP contribution in [0.4, 0.5) is 0 Å². The van der Waals surface area contributed by atoms with Gasteiger partial charge in [0, 0.05) is 6.20 Å². The van der Waals surface area contributed by atoms with Gasteiger partial charge in [0.05, 0.1) is 10.9 Å². The molecule has 0 fully saturated rings. The number of nitrogens with two attached hydrogens (primary N) is 1. The van der Waals surface area contributed by atoms with E-state index in [9.17, 15) is 0 Å². The Bertz CT molecular complexity index is 482. The summed E-state index contributed by atoms with van der Waals surface area (Å²) in [5.41, 5.74) is 5.78.